The maximum Gasteiger partial charge on any atom is 0.217 e. The molecular weight excluding hydrogens is 142 g/mol. The van der Waals surface area contributed by atoms with Gasteiger partial charge in [0.05, 0.1) is 0 Å². The van der Waals surface area contributed by atoms with E-state index in [2.05, 4.69) is 5.32 Å². The highest BCUT2D eigenvalue weighted by Gasteiger charge is 2.55. The predicted molar refractivity (Wildman–Crippen MR) is 41.0 cm³/mol. The first-order valence-electron chi connectivity index (χ1n) is 3.79. The van der Waals surface area contributed by atoms with Crippen LogP contribution < -0.4 is 5.32 Å². The molecule has 0 aliphatic heterocycles. The van der Waals surface area contributed by atoms with Crippen LogP contribution in [0.4, 0.5) is 0 Å². The summed E-state index contributed by atoms with van der Waals surface area (Å²) in [5.74, 6) is 0.258. The van der Waals surface area contributed by atoms with Crippen molar-refractivity contribution in [3.05, 3.63) is 0 Å². The second-order valence-corrected chi connectivity index (χ2v) is 3.31. The zero-order valence-corrected chi connectivity index (χ0v) is 7.10. The quantitative estimate of drug-likeness (QED) is 0.630. The van der Waals surface area contributed by atoms with E-state index < -0.39 is 5.54 Å². The number of hydrogen-bond donors (Lipinski definition) is 1. The van der Waals surface area contributed by atoms with Gasteiger partial charge >= 0.3 is 0 Å². The highest BCUT2D eigenvalue weighted by atomic mass is 16.2. The summed E-state index contributed by atoms with van der Waals surface area (Å²) in [6.07, 6.45) is 0.794. The summed E-state index contributed by atoms with van der Waals surface area (Å²) in [5.41, 5.74) is -0.508. The summed E-state index contributed by atoms with van der Waals surface area (Å²) in [6, 6.07) is 0. The van der Waals surface area contributed by atoms with E-state index in [1.807, 2.05) is 6.92 Å². The van der Waals surface area contributed by atoms with Gasteiger partial charge in [0.1, 0.15) is 5.54 Å². The van der Waals surface area contributed by atoms with Crippen molar-refractivity contribution in [3.8, 4) is 0 Å². The van der Waals surface area contributed by atoms with E-state index in [0.717, 1.165) is 6.42 Å². The molecule has 0 aromatic carbocycles. The highest BCUT2D eigenvalue weighted by molar-refractivity contribution is 5.94. The maximum atomic E-state index is 11.1. The lowest BCUT2D eigenvalue weighted by atomic mass is 10.1. The molecule has 1 amide bonds. The molecule has 0 bridgehead atoms. The van der Waals surface area contributed by atoms with Gasteiger partial charge in [-0.3, -0.25) is 9.59 Å². The smallest absolute Gasteiger partial charge is 0.217 e. The van der Waals surface area contributed by atoms with Gasteiger partial charge in [-0.15, -0.1) is 0 Å². The molecule has 3 heteroatoms. The third kappa shape index (κ3) is 1.27. The SMILES string of the molecule is CC(=O)NC1(C(C)=O)C[C@H]1C. The molecule has 1 N–H and O–H groups in total. The average molecular weight is 155 g/mol. The molecule has 1 fully saturated rings. The summed E-state index contributed by atoms with van der Waals surface area (Å²) >= 11 is 0. The minimum atomic E-state index is -0.508. The zero-order chi connectivity index (χ0) is 8.65. The van der Waals surface area contributed by atoms with Gasteiger partial charge in [0.15, 0.2) is 5.78 Å². The fourth-order valence-corrected chi connectivity index (χ4v) is 1.49. The van der Waals surface area contributed by atoms with E-state index in [9.17, 15) is 9.59 Å². The Morgan fingerprint density at radius 1 is 1.45 bits per heavy atom. The third-order valence-corrected chi connectivity index (χ3v) is 2.34. The van der Waals surface area contributed by atoms with Crippen molar-refractivity contribution in [3.63, 3.8) is 0 Å². The van der Waals surface area contributed by atoms with E-state index in [-0.39, 0.29) is 11.7 Å². The Bertz CT molecular complexity index is 212. The number of carbonyl (C=O) groups is 2. The first kappa shape index (κ1) is 8.24. The molecule has 2 atom stereocenters. The van der Waals surface area contributed by atoms with Gasteiger partial charge in [-0.2, -0.15) is 0 Å². The molecule has 0 aromatic heterocycles. The minimum absolute atomic E-state index is 0.0696. The summed E-state index contributed by atoms with van der Waals surface area (Å²) in [5, 5.41) is 2.69. The standard InChI is InChI=1S/C8H13NO2/c1-5-4-8(5,6(2)10)9-7(3)11/h5H,4H2,1-3H3,(H,9,11)/t5-,8?/m1/s1. The molecule has 0 saturated heterocycles. The Labute approximate surface area is 66.2 Å². The monoisotopic (exact) mass is 155 g/mol. The van der Waals surface area contributed by atoms with Crippen molar-refractivity contribution in [2.45, 2.75) is 32.7 Å². The number of amides is 1. The van der Waals surface area contributed by atoms with Crippen LogP contribution in [0.5, 0.6) is 0 Å². The molecule has 11 heavy (non-hydrogen) atoms. The Balaban J connectivity index is 2.65. The fraction of sp³-hybridized carbons (Fsp3) is 0.750. The summed E-state index contributed by atoms with van der Waals surface area (Å²) < 4.78 is 0. The number of ketones is 1. The highest BCUT2D eigenvalue weighted by Crippen LogP contribution is 2.43. The summed E-state index contributed by atoms with van der Waals surface area (Å²) in [6.45, 7) is 4.94. The summed E-state index contributed by atoms with van der Waals surface area (Å²) in [7, 11) is 0. The molecule has 1 rings (SSSR count). The molecule has 1 aliphatic carbocycles. The predicted octanol–water partition coefficient (Wildman–Crippen LogP) is 0.490. The number of hydrogen-bond acceptors (Lipinski definition) is 2. The van der Waals surface area contributed by atoms with Crippen LogP contribution in [0.3, 0.4) is 0 Å². The Kier molecular flexibility index (Phi) is 1.74. The van der Waals surface area contributed by atoms with Crippen LogP contribution in [0.15, 0.2) is 0 Å². The van der Waals surface area contributed by atoms with E-state index in [1.54, 1.807) is 0 Å². The maximum absolute atomic E-state index is 11.1. The number of carbonyl (C=O) groups excluding carboxylic acids is 2. The topological polar surface area (TPSA) is 46.2 Å². The third-order valence-electron chi connectivity index (χ3n) is 2.34. The number of rotatable bonds is 2. The first-order chi connectivity index (χ1) is 4.99. The molecule has 1 saturated carbocycles. The van der Waals surface area contributed by atoms with Crippen LogP contribution in [0, 0.1) is 5.92 Å². The molecule has 0 spiro atoms. The van der Waals surface area contributed by atoms with Gasteiger partial charge in [0.25, 0.3) is 0 Å². The van der Waals surface area contributed by atoms with Gasteiger partial charge in [-0.05, 0) is 19.3 Å². The fourth-order valence-electron chi connectivity index (χ4n) is 1.49. The van der Waals surface area contributed by atoms with Gasteiger partial charge in [0.2, 0.25) is 5.91 Å². The molecule has 0 aromatic rings. The van der Waals surface area contributed by atoms with Crippen LogP contribution in [0.2, 0.25) is 0 Å². The van der Waals surface area contributed by atoms with E-state index in [1.165, 1.54) is 13.8 Å². The van der Waals surface area contributed by atoms with Crippen LogP contribution in [-0.2, 0) is 9.59 Å². The van der Waals surface area contributed by atoms with Gasteiger partial charge in [-0.25, -0.2) is 0 Å². The van der Waals surface area contributed by atoms with E-state index in [4.69, 9.17) is 0 Å². The molecule has 1 unspecified atom stereocenters. The zero-order valence-electron chi connectivity index (χ0n) is 7.10. The van der Waals surface area contributed by atoms with Crippen molar-refractivity contribution in [2.75, 3.05) is 0 Å². The Morgan fingerprint density at radius 2 is 1.91 bits per heavy atom. The first-order valence-corrected chi connectivity index (χ1v) is 3.79. The van der Waals surface area contributed by atoms with Crippen LogP contribution in [0.1, 0.15) is 27.2 Å². The molecule has 0 heterocycles. The largest absolute Gasteiger partial charge is 0.344 e. The normalized spacial score (nSPS) is 34.6. The lowest BCUT2D eigenvalue weighted by molar-refractivity contribution is -0.126. The average Bonchev–Trinajstić information content (AvgIpc) is 2.41. The second-order valence-electron chi connectivity index (χ2n) is 3.31. The van der Waals surface area contributed by atoms with Crippen molar-refractivity contribution in [2.24, 2.45) is 5.92 Å². The van der Waals surface area contributed by atoms with E-state index >= 15 is 0 Å². The van der Waals surface area contributed by atoms with Gasteiger partial charge in [-0.1, -0.05) is 6.92 Å². The Hall–Kier alpha value is -0.860. The Morgan fingerprint density at radius 3 is 2.00 bits per heavy atom. The molecule has 1 aliphatic rings. The van der Waals surface area contributed by atoms with Gasteiger partial charge in [0, 0.05) is 6.92 Å². The number of nitrogens with one attached hydrogen (secondary N) is 1. The molecular formula is C8H13NO2. The van der Waals surface area contributed by atoms with Crippen molar-refractivity contribution in [1.29, 1.82) is 0 Å². The van der Waals surface area contributed by atoms with E-state index in [0.29, 0.717) is 5.92 Å². The van der Waals surface area contributed by atoms with Crippen molar-refractivity contribution in [1.82, 2.24) is 5.32 Å². The molecule has 0 radical (unpaired) electrons. The van der Waals surface area contributed by atoms with Crippen LogP contribution >= 0.6 is 0 Å². The summed E-state index contributed by atoms with van der Waals surface area (Å²) in [4.78, 5) is 21.7. The lowest BCUT2D eigenvalue weighted by Gasteiger charge is -2.12. The number of Topliss-reactive ketones (excluding diaryl/α,β-unsaturated/α-hetero) is 1. The minimum Gasteiger partial charge on any atom is -0.344 e. The van der Waals surface area contributed by atoms with Crippen LogP contribution in [-0.4, -0.2) is 17.2 Å². The van der Waals surface area contributed by atoms with Crippen molar-refractivity contribution >= 4 is 11.7 Å². The lowest BCUT2D eigenvalue weighted by Crippen LogP contribution is -2.42. The molecule has 62 valence electrons. The van der Waals surface area contributed by atoms with Gasteiger partial charge < -0.3 is 5.32 Å². The van der Waals surface area contributed by atoms with Crippen molar-refractivity contribution < 1.29 is 9.59 Å². The van der Waals surface area contributed by atoms with Crippen LogP contribution in [0.25, 0.3) is 0 Å². The molecule has 3 nitrogen and oxygen atoms in total. The second kappa shape index (κ2) is 2.32.